The van der Waals surface area contributed by atoms with E-state index in [1.165, 1.54) is 6.92 Å². The van der Waals surface area contributed by atoms with Crippen LogP contribution < -0.4 is 10.6 Å². The van der Waals surface area contributed by atoms with E-state index in [2.05, 4.69) is 10.6 Å². The number of hydrogen-bond acceptors (Lipinski definition) is 4. The number of benzene rings is 1. The fraction of sp³-hybridized carbons (Fsp3) is 0.308. The molecule has 0 radical (unpaired) electrons. The van der Waals surface area contributed by atoms with Crippen molar-refractivity contribution in [2.24, 2.45) is 0 Å². The third kappa shape index (κ3) is 5.85. The van der Waals surface area contributed by atoms with Gasteiger partial charge in [-0.3, -0.25) is 4.79 Å². The van der Waals surface area contributed by atoms with Crippen LogP contribution in [0, 0.1) is 0 Å². The zero-order valence-corrected chi connectivity index (χ0v) is 11.0. The Kier molecular flexibility index (Phi) is 6.02. The minimum absolute atomic E-state index is 0.0408. The summed E-state index contributed by atoms with van der Waals surface area (Å²) in [6.07, 6.45) is -0.855. The minimum Gasteiger partial charge on any atom is -0.480 e. The van der Waals surface area contributed by atoms with Crippen LogP contribution in [0.3, 0.4) is 0 Å². The number of aliphatic carboxylic acids is 1. The van der Waals surface area contributed by atoms with Gasteiger partial charge in [-0.1, -0.05) is 30.3 Å². The molecule has 0 heterocycles. The highest BCUT2D eigenvalue weighted by atomic mass is 16.5. The van der Waals surface area contributed by atoms with Crippen molar-refractivity contribution in [3.8, 4) is 0 Å². The maximum absolute atomic E-state index is 11.5. The second kappa shape index (κ2) is 7.78. The zero-order valence-electron chi connectivity index (χ0n) is 11.0. The molecule has 1 atom stereocenters. The number of ether oxygens (including phenoxy) is 1. The summed E-state index contributed by atoms with van der Waals surface area (Å²) in [5, 5.41) is 13.4. The van der Waals surface area contributed by atoms with Gasteiger partial charge in [0.1, 0.15) is 12.6 Å². The van der Waals surface area contributed by atoms with Crippen LogP contribution in [0.4, 0.5) is 4.79 Å². The summed E-state index contributed by atoms with van der Waals surface area (Å²) < 4.78 is 4.89. The summed E-state index contributed by atoms with van der Waals surface area (Å²) in [7, 11) is 0. The van der Waals surface area contributed by atoms with E-state index in [4.69, 9.17) is 9.84 Å². The van der Waals surface area contributed by atoms with Crippen LogP contribution in [-0.4, -0.2) is 35.7 Å². The smallest absolute Gasteiger partial charge is 0.408 e. The van der Waals surface area contributed by atoms with E-state index in [9.17, 15) is 14.4 Å². The molecule has 7 heteroatoms. The standard InChI is InChI=1S/C13H16N2O5/c1-9(16)14-7-11(12(17)18)15-13(19)20-8-10-5-3-2-4-6-10/h2-6,11H,7-8H2,1H3,(H,14,16)(H,15,19)(H,17,18)/t11-/m1/s1. The number of rotatable bonds is 6. The Balaban J connectivity index is 2.41. The Hall–Kier alpha value is -2.57. The lowest BCUT2D eigenvalue weighted by Gasteiger charge is -2.14. The summed E-state index contributed by atoms with van der Waals surface area (Å²) in [4.78, 5) is 33.1. The minimum atomic E-state index is -1.25. The van der Waals surface area contributed by atoms with Crippen LogP contribution in [0.25, 0.3) is 0 Å². The summed E-state index contributed by atoms with van der Waals surface area (Å²) in [5.41, 5.74) is 0.788. The van der Waals surface area contributed by atoms with Crippen molar-refractivity contribution in [1.29, 1.82) is 0 Å². The molecule has 0 saturated heterocycles. The van der Waals surface area contributed by atoms with Crippen LogP contribution in [-0.2, 0) is 20.9 Å². The first-order valence-electron chi connectivity index (χ1n) is 5.93. The molecule has 0 aliphatic carbocycles. The quantitative estimate of drug-likeness (QED) is 0.704. The average molecular weight is 280 g/mol. The van der Waals surface area contributed by atoms with Crippen molar-refractivity contribution in [3.05, 3.63) is 35.9 Å². The number of alkyl carbamates (subject to hydrolysis) is 1. The van der Waals surface area contributed by atoms with Crippen LogP contribution in [0.1, 0.15) is 12.5 Å². The summed E-state index contributed by atoms with van der Waals surface area (Å²) in [5.74, 6) is -1.63. The molecule has 0 spiro atoms. The molecule has 0 aliphatic heterocycles. The average Bonchev–Trinajstić information content (AvgIpc) is 2.41. The molecule has 3 N–H and O–H groups in total. The van der Waals surface area contributed by atoms with Gasteiger partial charge in [0, 0.05) is 13.5 Å². The molecule has 1 aromatic rings. The van der Waals surface area contributed by atoms with Gasteiger partial charge >= 0.3 is 12.1 Å². The van der Waals surface area contributed by atoms with Crippen molar-refractivity contribution >= 4 is 18.0 Å². The van der Waals surface area contributed by atoms with Crippen molar-refractivity contribution in [1.82, 2.24) is 10.6 Å². The highest BCUT2D eigenvalue weighted by molar-refractivity contribution is 5.81. The molecule has 0 fully saturated rings. The maximum atomic E-state index is 11.5. The maximum Gasteiger partial charge on any atom is 0.408 e. The second-order valence-electron chi connectivity index (χ2n) is 4.03. The predicted octanol–water partition coefficient (Wildman–Crippen LogP) is 0.502. The van der Waals surface area contributed by atoms with Crippen molar-refractivity contribution in [2.75, 3.05) is 6.54 Å². The third-order valence-electron chi connectivity index (χ3n) is 2.36. The Morgan fingerprint density at radius 2 is 1.90 bits per heavy atom. The van der Waals surface area contributed by atoms with E-state index < -0.39 is 18.1 Å². The zero-order chi connectivity index (χ0) is 15.0. The third-order valence-corrected chi connectivity index (χ3v) is 2.36. The number of carboxylic acid groups (broad SMARTS) is 1. The van der Waals surface area contributed by atoms with Crippen molar-refractivity contribution < 1.29 is 24.2 Å². The number of carbonyl (C=O) groups excluding carboxylic acids is 2. The van der Waals surface area contributed by atoms with E-state index in [0.717, 1.165) is 5.56 Å². The van der Waals surface area contributed by atoms with Gasteiger partial charge in [-0.15, -0.1) is 0 Å². The summed E-state index contributed by atoms with van der Waals surface area (Å²) >= 11 is 0. The van der Waals surface area contributed by atoms with Gasteiger partial charge in [0.2, 0.25) is 5.91 Å². The molecule has 7 nitrogen and oxygen atoms in total. The first-order valence-corrected chi connectivity index (χ1v) is 5.93. The monoisotopic (exact) mass is 280 g/mol. The van der Waals surface area contributed by atoms with Crippen molar-refractivity contribution in [2.45, 2.75) is 19.6 Å². The van der Waals surface area contributed by atoms with Gasteiger partial charge < -0.3 is 20.5 Å². The van der Waals surface area contributed by atoms with E-state index >= 15 is 0 Å². The lowest BCUT2D eigenvalue weighted by molar-refractivity contribution is -0.139. The Morgan fingerprint density at radius 1 is 1.25 bits per heavy atom. The Labute approximate surface area is 115 Å². The van der Waals surface area contributed by atoms with Crippen LogP contribution in [0.15, 0.2) is 30.3 Å². The topological polar surface area (TPSA) is 105 Å². The molecule has 108 valence electrons. The normalized spacial score (nSPS) is 11.2. The number of nitrogens with one attached hydrogen (secondary N) is 2. The SMILES string of the molecule is CC(=O)NC[C@@H](NC(=O)OCc1ccccc1)C(=O)O. The number of amides is 2. The van der Waals surface area contributed by atoms with Gasteiger partial charge in [0.25, 0.3) is 0 Å². The largest absolute Gasteiger partial charge is 0.480 e. The first kappa shape index (κ1) is 15.5. The van der Waals surface area contributed by atoms with E-state index in [-0.39, 0.29) is 19.1 Å². The van der Waals surface area contributed by atoms with E-state index in [0.29, 0.717) is 0 Å². The van der Waals surface area contributed by atoms with Crippen LogP contribution in [0.5, 0.6) is 0 Å². The van der Waals surface area contributed by atoms with Crippen molar-refractivity contribution in [3.63, 3.8) is 0 Å². The number of hydrogen-bond donors (Lipinski definition) is 3. The molecule has 2 amide bonds. The molecule has 0 unspecified atom stereocenters. The second-order valence-corrected chi connectivity index (χ2v) is 4.03. The van der Waals surface area contributed by atoms with Gasteiger partial charge in [-0.25, -0.2) is 9.59 Å². The number of carbonyl (C=O) groups is 3. The summed E-state index contributed by atoms with van der Waals surface area (Å²) in [6, 6.07) is 7.75. The predicted molar refractivity (Wildman–Crippen MR) is 69.9 cm³/mol. The molecule has 0 saturated carbocycles. The van der Waals surface area contributed by atoms with Gasteiger partial charge in [0.05, 0.1) is 0 Å². The van der Waals surface area contributed by atoms with Gasteiger partial charge in [-0.05, 0) is 5.56 Å². The van der Waals surface area contributed by atoms with E-state index in [1.54, 1.807) is 24.3 Å². The molecular formula is C13H16N2O5. The Morgan fingerprint density at radius 3 is 2.45 bits per heavy atom. The summed E-state index contributed by atoms with van der Waals surface area (Å²) in [6.45, 7) is 1.09. The molecule has 0 aromatic heterocycles. The molecule has 1 rings (SSSR count). The van der Waals surface area contributed by atoms with Gasteiger partial charge in [-0.2, -0.15) is 0 Å². The highest BCUT2D eigenvalue weighted by Crippen LogP contribution is 2.00. The lowest BCUT2D eigenvalue weighted by Crippen LogP contribution is -2.48. The van der Waals surface area contributed by atoms with Crippen LogP contribution in [0.2, 0.25) is 0 Å². The molecule has 20 heavy (non-hydrogen) atoms. The fourth-order valence-electron chi connectivity index (χ4n) is 1.35. The Bertz CT molecular complexity index is 475. The molecule has 0 aliphatic rings. The first-order chi connectivity index (χ1) is 9.49. The molecule has 0 bridgehead atoms. The lowest BCUT2D eigenvalue weighted by atomic mass is 10.2. The highest BCUT2D eigenvalue weighted by Gasteiger charge is 2.20. The van der Waals surface area contributed by atoms with Crippen LogP contribution >= 0.6 is 0 Å². The number of carboxylic acids is 1. The van der Waals surface area contributed by atoms with E-state index in [1.807, 2.05) is 6.07 Å². The molecular weight excluding hydrogens is 264 g/mol. The fourth-order valence-corrected chi connectivity index (χ4v) is 1.35. The van der Waals surface area contributed by atoms with Gasteiger partial charge in [0.15, 0.2) is 0 Å². The molecule has 1 aromatic carbocycles.